The molecule has 3 heterocycles. The summed E-state index contributed by atoms with van der Waals surface area (Å²) in [6.45, 7) is 2.75. The van der Waals surface area contributed by atoms with E-state index in [9.17, 15) is 0 Å². The van der Waals surface area contributed by atoms with Gasteiger partial charge in [0.15, 0.2) is 5.96 Å². The van der Waals surface area contributed by atoms with Crippen LogP contribution in [0.2, 0.25) is 0 Å². The molecule has 0 aliphatic carbocycles. The summed E-state index contributed by atoms with van der Waals surface area (Å²) in [5.41, 5.74) is 4.95. The first-order valence-corrected chi connectivity index (χ1v) is 8.78. The maximum absolute atomic E-state index is 4.65. The Balaban J connectivity index is 1.36. The molecule has 0 saturated heterocycles. The molecule has 5 nitrogen and oxygen atoms in total. The second-order valence-electron chi connectivity index (χ2n) is 6.36. The molecule has 3 aromatic rings. The van der Waals surface area contributed by atoms with Crippen LogP contribution in [0.25, 0.3) is 5.65 Å². The van der Waals surface area contributed by atoms with Crippen LogP contribution in [0.15, 0.2) is 59.9 Å². The van der Waals surface area contributed by atoms with Gasteiger partial charge < -0.3 is 14.6 Å². The number of nitrogens with one attached hydrogen (secondary N) is 1. The molecule has 0 atom stereocenters. The van der Waals surface area contributed by atoms with Crippen LogP contribution in [-0.4, -0.2) is 40.4 Å². The smallest absolute Gasteiger partial charge is 0.193 e. The number of aliphatic imine (C=N–C) groups is 1. The fourth-order valence-corrected chi connectivity index (χ4v) is 3.42. The van der Waals surface area contributed by atoms with Crippen LogP contribution in [0.4, 0.5) is 0 Å². The van der Waals surface area contributed by atoms with Gasteiger partial charge in [0.05, 0.1) is 5.69 Å². The van der Waals surface area contributed by atoms with Gasteiger partial charge in [-0.1, -0.05) is 30.3 Å². The van der Waals surface area contributed by atoms with Crippen LogP contribution in [0.5, 0.6) is 0 Å². The molecule has 0 spiro atoms. The van der Waals surface area contributed by atoms with Crippen molar-refractivity contribution in [3.8, 4) is 0 Å². The van der Waals surface area contributed by atoms with E-state index in [4.69, 9.17) is 0 Å². The van der Waals surface area contributed by atoms with Crippen molar-refractivity contribution in [3.05, 3.63) is 71.7 Å². The fourth-order valence-electron chi connectivity index (χ4n) is 3.42. The standard InChI is InChI=1S/C20H23N5/c1-21-20(25-13-10-16-6-2-3-7-17(16)14-25)22-11-9-18-15-24-12-5-4-8-19(24)23-18/h2-8,12,15H,9-11,13-14H2,1H3,(H,21,22). The molecule has 0 fully saturated rings. The van der Waals surface area contributed by atoms with Crippen molar-refractivity contribution in [3.63, 3.8) is 0 Å². The summed E-state index contributed by atoms with van der Waals surface area (Å²) in [6, 6.07) is 14.7. The number of pyridine rings is 1. The molecule has 128 valence electrons. The zero-order chi connectivity index (χ0) is 17.1. The first-order valence-electron chi connectivity index (χ1n) is 8.78. The molecule has 1 aromatic carbocycles. The lowest BCUT2D eigenvalue weighted by molar-refractivity contribution is 0.379. The summed E-state index contributed by atoms with van der Waals surface area (Å²) < 4.78 is 2.06. The van der Waals surface area contributed by atoms with Crippen molar-refractivity contribution >= 4 is 11.6 Å². The van der Waals surface area contributed by atoms with E-state index >= 15 is 0 Å². The maximum Gasteiger partial charge on any atom is 0.193 e. The Morgan fingerprint density at radius 3 is 2.84 bits per heavy atom. The van der Waals surface area contributed by atoms with Gasteiger partial charge in [0.1, 0.15) is 5.65 Å². The van der Waals surface area contributed by atoms with E-state index in [0.717, 1.165) is 49.8 Å². The normalized spacial score (nSPS) is 14.6. The van der Waals surface area contributed by atoms with Crippen molar-refractivity contribution < 1.29 is 0 Å². The molecular formula is C20H23N5. The summed E-state index contributed by atoms with van der Waals surface area (Å²) in [5, 5.41) is 3.49. The van der Waals surface area contributed by atoms with Crippen LogP contribution < -0.4 is 5.32 Å². The van der Waals surface area contributed by atoms with Gasteiger partial charge in [0.25, 0.3) is 0 Å². The number of fused-ring (bicyclic) bond motifs is 2. The van der Waals surface area contributed by atoms with Crippen LogP contribution >= 0.6 is 0 Å². The van der Waals surface area contributed by atoms with E-state index < -0.39 is 0 Å². The van der Waals surface area contributed by atoms with Gasteiger partial charge in [-0.05, 0) is 29.7 Å². The first-order chi connectivity index (χ1) is 12.3. The monoisotopic (exact) mass is 333 g/mol. The van der Waals surface area contributed by atoms with Crippen molar-refractivity contribution in [2.45, 2.75) is 19.4 Å². The molecule has 1 aliphatic heterocycles. The zero-order valence-corrected chi connectivity index (χ0v) is 14.5. The quantitative estimate of drug-likeness (QED) is 0.592. The minimum absolute atomic E-state index is 0.828. The Bertz CT molecular complexity index is 863. The van der Waals surface area contributed by atoms with Crippen LogP contribution in [0, 0.1) is 0 Å². The van der Waals surface area contributed by atoms with Crippen LogP contribution in [0.3, 0.4) is 0 Å². The largest absolute Gasteiger partial charge is 0.356 e. The van der Waals surface area contributed by atoms with Crippen molar-refractivity contribution in [2.75, 3.05) is 20.1 Å². The molecule has 4 rings (SSSR count). The highest BCUT2D eigenvalue weighted by Gasteiger charge is 2.18. The molecule has 0 saturated carbocycles. The fraction of sp³-hybridized carbons (Fsp3) is 0.300. The van der Waals surface area contributed by atoms with Gasteiger partial charge in [-0.2, -0.15) is 0 Å². The van der Waals surface area contributed by atoms with Gasteiger partial charge in [0, 0.05) is 45.5 Å². The molecule has 0 amide bonds. The Morgan fingerprint density at radius 2 is 2.00 bits per heavy atom. The third-order valence-electron chi connectivity index (χ3n) is 4.72. The Morgan fingerprint density at radius 1 is 1.16 bits per heavy atom. The van der Waals surface area contributed by atoms with Crippen molar-refractivity contribution in [2.24, 2.45) is 4.99 Å². The molecule has 0 unspecified atom stereocenters. The number of hydrogen-bond donors (Lipinski definition) is 1. The van der Waals surface area contributed by atoms with E-state index in [1.54, 1.807) is 0 Å². The average molecular weight is 333 g/mol. The summed E-state index contributed by atoms with van der Waals surface area (Å²) in [4.78, 5) is 11.4. The van der Waals surface area contributed by atoms with Crippen LogP contribution in [-0.2, 0) is 19.4 Å². The first kappa shape index (κ1) is 15.7. The lowest BCUT2D eigenvalue weighted by Crippen LogP contribution is -2.44. The van der Waals surface area contributed by atoms with E-state index in [-0.39, 0.29) is 0 Å². The highest BCUT2D eigenvalue weighted by atomic mass is 15.3. The lowest BCUT2D eigenvalue weighted by Gasteiger charge is -2.31. The molecule has 1 N–H and O–H groups in total. The average Bonchev–Trinajstić information content (AvgIpc) is 3.08. The number of aromatic nitrogens is 2. The van der Waals surface area contributed by atoms with Gasteiger partial charge in [-0.3, -0.25) is 4.99 Å². The van der Waals surface area contributed by atoms with Crippen molar-refractivity contribution in [1.82, 2.24) is 19.6 Å². The second kappa shape index (κ2) is 6.97. The summed E-state index contributed by atoms with van der Waals surface area (Å²) in [6.07, 6.45) is 6.08. The van der Waals surface area contributed by atoms with Crippen LogP contribution in [0.1, 0.15) is 16.8 Å². The number of rotatable bonds is 3. The van der Waals surface area contributed by atoms with E-state index in [1.807, 2.05) is 31.4 Å². The van der Waals surface area contributed by atoms with E-state index in [0.29, 0.717) is 0 Å². The van der Waals surface area contributed by atoms with Gasteiger partial charge in [-0.25, -0.2) is 4.98 Å². The third-order valence-corrected chi connectivity index (χ3v) is 4.72. The summed E-state index contributed by atoms with van der Waals surface area (Å²) >= 11 is 0. The molecule has 25 heavy (non-hydrogen) atoms. The minimum Gasteiger partial charge on any atom is -0.356 e. The number of benzene rings is 1. The minimum atomic E-state index is 0.828. The SMILES string of the molecule is CN=C(NCCc1cn2ccccc2n1)N1CCc2ccccc2C1. The highest BCUT2D eigenvalue weighted by Crippen LogP contribution is 2.18. The molecule has 5 heteroatoms. The van der Waals surface area contributed by atoms with Gasteiger partial charge in [-0.15, -0.1) is 0 Å². The topological polar surface area (TPSA) is 44.9 Å². The summed E-state index contributed by atoms with van der Waals surface area (Å²) in [7, 11) is 1.85. The zero-order valence-electron chi connectivity index (χ0n) is 14.5. The molecular weight excluding hydrogens is 310 g/mol. The Labute approximate surface area is 148 Å². The van der Waals surface area contributed by atoms with Crippen molar-refractivity contribution in [1.29, 1.82) is 0 Å². The summed E-state index contributed by atoms with van der Waals surface area (Å²) in [5.74, 6) is 0.971. The number of hydrogen-bond acceptors (Lipinski definition) is 2. The number of nitrogens with zero attached hydrogens (tertiary/aromatic N) is 4. The molecule has 2 aromatic heterocycles. The van der Waals surface area contributed by atoms with E-state index in [2.05, 4.69) is 55.1 Å². The Hall–Kier alpha value is -2.82. The molecule has 0 bridgehead atoms. The number of guanidine groups is 1. The Kier molecular flexibility index (Phi) is 4.37. The van der Waals surface area contributed by atoms with Gasteiger partial charge in [0.2, 0.25) is 0 Å². The predicted molar refractivity (Wildman–Crippen MR) is 101 cm³/mol. The lowest BCUT2D eigenvalue weighted by atomic mass is 10.0. The predicted octanol–water partition coefficient (Wildman–Crippen LogP) is 2.51. The molecule has 0 radical (unpaired) electrons. The third kappa shape index (κ3) is 3.36. The van der Waals surface area contributed by atoms with E-state index in [1.165, 1.54) is 11.1 Å². The maximum atomic E-state index is 4.65. The number of imidazole rings is 1. The molecule has 1 aliphatic rings. The van der Waals surface area contributed by atoms with Gasteiger partial charge >= 0.3 is 0 Å². The second-order valence-corrected chi connectivity index (χ2v) is 6.36. The highest BCUT2D eigenvalue weighted by molar-refractivity contribution is 5.80.